The highest BCUT2D eigenvalue weighted by atomic mass is 16.4. The van der Waals surface area contributed by atoms with Crippen molar-refractivity contribution in [3.63, 3.8) is 0 Å². The molecule has 2 atom stereocenters. The third-order valence-corrected chi connectivity index (χ3v) is 2.43. The van der Waals surface area contributed by atoms with E-state index in [1.807, 2.05) is 0 Å². The minimum Gasteiger partial charge on any atom is -0.480 e. The van der Waals surface area contributed by atoms with Crippen LogP contribution >= 0.6 is 0 Å². The zero-order valence-electron chi connectivity index (χ0n) is 12.9. The van der Waals surface area contributed by atoms with Gasteiger partial charge in [0.2, 0.25) is 5.91 Å². The largest absolute Gasteiger partial charge is 0.480 e. The summed E-state index contributed by atoms with van der Waals surface area (Å²) in [5, 5.41) is 18.6. The number of rotatable bonds is 7. The van der Waals surface area contributed by atoms with Gasteiger partial charge in [-0.05, 0) is 27.7 Å². The smallest absolute Gasteiger partial charge is 0.325 e. The van der Waals surface area contributed by atoms with Gasteiger partial charge >= 0.3 is 5.97 Å². The molecule has 0 rings (SSSR count). The average Bonchev–Trinajstić information content (AvgIpc) is 2.46. The number of hydrogen-bond donors (Lipinski definition) is 5. The molecular weight excluding hydrogens is 288 g/mol. The molecule has 2 unspecified atom stereocenters. The van der Waals surface area contributed by atoms with Gasteiger partial charge in [-0.25, -0.2) is 0 Å². The van der Waals surface area contributed by atoms with Crippen LogP contribution in [-0.4, -0.2) is 41.1 Å². The number of nitrogens with one attached hydrogen (secondary N) is 4. The molecule has 0 aromatic carbocycles. The molecule has 0 aliphatic rings. The molecule has 0 aromatic rings. The average molecular weight is 308 g/mol. The number of carboxylic acids is 1. The molecule has 0 aliphatic heterocycles. The second kappa shape index (κ2) is 9.94. The third kappa shape index (κ3) is 7.06. The summed E-state index contributed by atoms with van der Waals surface area (Å²) < 4.78 is 0. The zero-order valence-corrected chi connectivity index (χ0v) is 12.9. The lowest BCUT2D eigenvalue weighted by molar-refractivity contribution is -0.141. The number of carbonyl (C=O) groups excluding carboxylic acids is 2. The lowest BCUT2D eigenvalue weighted by Gasteiger charge is -2.19. The summed E-state index contributed by atoms with van der Waals surface area (Å²) in [7, 11) is 0. The Morgan fingerprint density at radius 3 is 1.73 bits per heavy atom. The molecule has 0 aliphatic carbocycles. The number of hydrogen-bond acceptors (Lipinski definition) is 5. The molecule has 0 aromatic heterocycles. The Hall–Kier alpha value is -2.87. The minimum absolute atomic E-state index is 0.545. The van der Waals surface area contributed by atoms with Gasteiger partial charge in [0.05, 0.1) is 0 Å². The van der Waals surface area contributed by atoms with Crippen LogP contribution in [0.1, 0.15) is 27.7 Å². The highest BCUT2D eigenvalue weighted by Crippen LogP contribution is 1.89. The maximum atomic E-state index is 12.0. The molecule has 0 fully saturated rings. The first kappa shape index (κ1) is 19.1. The van der Waals surface area contributed by atoms with Crippen molar-refractivity contribution >= 4 is 17.8 Å². The Morgan fingerprint density at radius 2 is 1.32 bits per heavy atom. The fraction of sp³-hybridized carbons (Fsp3) is 0.500. The van der Waals surface area contributed by atoms with E-state index in [0.29, 0.717) is 0 Å². The molecule has 0 radical (unpaired) electrons. The first-order chi connectivity index (χ1) is 10.3. The van der Waals surface area contributed by atoms with E-state index < -0.39 is 36.0 Å². The summed E-state index contributed by atoms with van der Waals surface area (Å²) in [4.78, 5) is 34.5. The molecule has 0 spiro atoms. The van der Waals surface area contributed by atoms with E-state index in [1.54, 1.807) is 13.8 Å². The summed E-state index contributed by atoms with van der Waals surface area (Å²) in [5.41, 5.74) is 0. The van der Waals surface area contributed by atoms with Crippen LogP contribution in [0, 0.1) is 23.9 Å². The number of carboxylic acid groups (broad SMARTS) is 1. The van der Waals surface area contributed by atoms with Crippen LogP contribution < -0.4 is 21.3 Å². The first-order valence-corrected chi connectivity index (χ1v) is 6.51. The normalized spacial score (nSPS) is 11.7. The maximum absolute atomic E-state index is 12.0. The molecule has 5 N–H and O–H groups in total. The third-order valence-electron chi connectivity index (χ3n) is 2.43. The van der Waals surface area contributed by atoms with Crippen LogP contribution in [0.2, 0.25) is 0 Å². The van der Waals surface area contributed by atoms with E-state index in [4.69, 9.17) is 5.11 Å². The number of carbonyl (C=O) groups is 3. The van der Waals surface area contributed by atoms with Gasteiger partial charge in [-0.3, -0.25) is 14.4 Å². The standard InChI is InChI=1S/C14H20N4O4/c1-5-7-15-11(16-8-6-2)13(20)17-9(3)12(19)18-10(4)14(21)22/h9-11,15-16H,1-4H3,(H,17,20)(H,18,19)(H,21,22). The Bertz CT molecular complexity index is 517. The van der Waals surface area contributed by atoms with Crippen LogP contribution in [0.5, 0.6) is 0 Å². The highest BCUT2D eigenvalue weighted by molar-refractivity contribution is 5.91. The molecule has 2 amide bonds. The Labute approximate surface area is 129 Å². The van der Waals surface area contributed by atoms with E-state index in [-0.39, 0.29) is 0 Å². The highest BCUT2D eigenvalue weighted by Gasteiger charge is 2.23. The van der Waals surface area contributed by atoms with Crippen molar-refractivity contribution in [3.8, 4) is 23.9 Å². The van der Waals surface area contributed by atoms with Gasteiger partial charge in [0, 0.05) is 12.1 Å². The summed E-state index contributed by atoms with van der Waals surface area (Å²) in [6, 6.07) is 3.08. The molecule has 8 heteroatoms. The van der Waals surface area contributed by atoms with Crippen LogP contribution in [0.4, 0.5) is 0 Å². The van der Waals surface area contributed by atoms with Crippen molar-refractivity contribution in [3.05, 3.63) is 0 Å². The molecule has 0 heterocycles. The molecule has 120 valence electrons. The monoisotopic (exact) mass is 308 g/mol. The van der Waals surface area contributed by atoms with Crippen molar-refractivity contribution in [2.75, 3.05) is 0 Å². The van der Waals surface area contributed by atoms with Gasteiger partial charge in [0.15, 0.2) is 6.17 Å². The van der Waals surface area contributed by atoms with Gasteiger partial charge in [0.1, 0.15) is 12.1 Å². The fourth-order valence-electron chi connectivity index (χ4n) is 1.22. The Kier molecular flexibility index (Phi) is 8.65. The molecule has 22 heavy (non-hydrogen) atoms. The fourth-order valence-corrected chi connectivity index (χ4v) is 1.22. The summed E-state index contributed by atoms with van der Waals surface area (Å²) in [6.07, 6.45) is -0.924. The Morgan fingerprint density at radius 1 is 0.864 bits per heavy atom. The van der Waals surface area contributed by atoms with Gasteiger partial charge in [-0.15, -0.1) is 0 Å². The lowest BCUT2D eigenvalue weighted by Crippen LogP contribution is -2.56. The SMILES string of the molecule is CC#CNC(NC#CC)C(=O)NC(C)C(=O)NC(C)C(=O)O. The van der Waals surface area contributed by atoms with E-state index >= 15 is 0 Å². The second-order valence-electron chi connectivity index (χ2n) is 4.27. The topological polar surface area (TPSA) is 120 Å². The van der Waals surface area contributed by atoms with E-state index in [2.05, 4.69) is 45.2 Å². The van der Waals surface area contributed by atoms with E-state index in [9.17, 15) is 14.4 Å². The summed E-state index contributed by atoms with van der Waals surface area (Å²) >= 11 is 0. The molecule has 0 saturated heterocycles. The van der Waals surface area contributed by atoms with E-state index in [0.717, 1.165) is 0 Å². The number of amides is 2. The predicted octanol–water partition coefficient (Wildman–Crippen LogP) is -1.45. The van der Waals surface area contributed by atoms with Crippen molar-refractivity contribution in [2.24, 2.45) is 0 Å². The first-order valence-electron chi connectivity index (χ1n) is 6.51. The van der Waals surface area contributed by atoms with Crippen molar-refractivity contribution in [2.45, 2.75) is 45.9 Å². The van der Waals surface area contributed by atoms with Crippen LogP contribution in [-0.2, 0) is 14.4 Å². The maximum Gasteiger partial charge on any atom is 0.325 e. The minimum atomic E-state index is -1.16. The van der Waals surface area contributed by atoms with Crippen molar-refractivity contribution < 1.29 is 19.5 Å². The predicted molar refractivity (Wildman–Crippen MR) is 79.8 cm³/mol. The van der Waals surface area contributed by atoms with Crippen LogP contribution in [0.25, 0.3) is 0 Å². The van der Waals surface area contributed by atoms with Crippen LogP contribution in [0.15, 0.2) is 0 Å². The summed E-state index contributed by atoms with van der Waals surface area (Å²) in [5.74, 6) is 2.83. The molecule has 0 saturated carbocycles. The lowest BCUT2D eigenvalue weighted by atomic mass is 10.2. The molecule has 8 nitrogen and oxygen atoms in total. The quantitative estimate of drug-likeness (QED) is 0.223. The molecular formula is C14H20N4O4. The molecule has 0 bridgehead atoms. The van der Waals surface area contributed by atoms with Gasteiger partial charge in [-0.1, -0.05) is 11.8 Å². The van der Waals surface area contributed by atoms with E-state index in [1.165, 1.54) is 13.8 Å². The zero-order chi connectivity index (χ0) is 17.1. The van der Waals surface area contributed by atoms with Gasteiger partial charge < -0.3 is 26.4 Å². The van der Waals surface area contributed by atoms with Crippen LogP contribution in [0.3, 0.4) is 0 Å². The van der Waals surface area contributed by atoms with Crippen molar-refractivity contribution in [1.29, 1.82) is 0 Å². The number of aliphatic carboxylic acids is 1. The summed E-state index contributed by atoms with van der Waals surface area (Å²) in [6.45, 7) is 5.96. The second-order valence-corrected chi connectivity index (χ2v) is 4.27. The van der Waals surface area contributed by atoms with Gasteiger partial charge in [-0.2, -0.15) is 0 Å². The van der Waals surface area contributed by atoms with Crippen molar-refractivity contribution in [1.82, 2.24) is 21.3 Å². The Balaban J connectivity index is 4.66. The van der Waals surface area contributed by atoms with Gasteiger partial charge in [0.25, 0.3) is 5.91 Å².